The SMILES string of the molecule is CC1CC(C)(C)CC2(C1)OCCCO2. The predicted octanol–water partition coefficient (Wildman–Crippen LogP) is 2.97. The van der Waals surface area contributed by atoms with Crippen molar-refractivity contribution in [2.75, 3.05) is 13.2 Å². The number of hydrogen-bond acceptors (Lipinski definition) is 2. The van der Waals surface area contributed by atoms with E-state index in [2.05, 4.69) is 20.8 Å². The molecule has 0 N–H and O–H groups in total. The lowest BCUT2D eigenvalue weighted by Gasteiger charge is -2.48. The lowest BCUT2D eigenvalue weighted by Crippen LogP contribution is -2.48. The van der Waals surface area contributed by atoms with Gasteiger partial charge in [-0.1, -0.05) is 20.8 Å². The maximum atomic E-state index is 5.89. The minimum atomic E-state index is -0.237. The Labute approximate surface area is 87.0 Å². The minimum Gasteiger partial charge on any atom is -0.350 e. The van der Waals surface area contributed by atoms with Crippen molar-refractivity contribution < 1.29 is 9.47 Å². The molecule has 1 heterocycles. The molecule has 0 aromatic rings. The zero-order valence-electron chi connectivity index (χ0n) is 9.64. The number of hydrogen-bond donors (Lipinski definition) is 0. The Balaban J connectivity index is 2.10. The summed E-state index contributed by atoms with van der Waals surface area (Å²) in [5, 5.41) is 0. The molecule has 82 valence electrons. The standard InChI is InChI=1S/C12H22O2/c1-10-7-11(2,3)9-12(8-10)13-5-4-6-14-12/h10H,4-9H2,1-3H3. The van der Waals surface area contributed by atoms with Crippen LogP contribution in [0.3, 0.4) is 0 Å². The first kappa shape index (κ1) is 10.4. The molecule has 1 saturated heterocycles. The fourth-order valence-electron chi connectivity index (χ4n) is 3.26. The summed E-state index contributed by atoms with van der Waals surface area (Å²) >= 11 is 0. The van der Waals surface area contributed by atoms with Crippen molar-refractivity contribution in [2.45, 2.75) is 52.2 Å². The van der Waals surface area contributed by atoms with Crippen molar-refractivity contribution in [3.8, 4) is 0 Å². The van der Waals surface area contributed by atoms with Crippen LogP contribution in [-0.2, 0) is 9.47 Å². The molecule has 2 aliphatic rings. The van der Waals surface area contributed by atoms with Crippen molar-refractivity contribution in [3.05, 3.63) is 0 Å². The van der Waals surface area contributed by atoms with E-state index in [1.54, 1.807) is 0 Å². The molecule has 2 heteroatoms. The monoisotopic (exact) mass is 198 g/mol. The van der Waals surface area contributed by atoms with Gasteiger partial charge in [0.1, 0.15) is 0 Å². The first-order valence-corrected chi connectivity index (χ1v) is 5.79. The van der Waals surface area contributed by atoms with Gasteiger partial charge in [-0.3, -0.25) is 0 Å². The highest BCUT2D eigenvalue weighted by Gasteiger charge is 2.45. The minimum absolute atomic E-state index is 0.237. The average molecular weight is 198 g/mol. The molecule has 0 bridgehead atoms. The highest BCUT2D eigenvalue weighted by molar-refractivity contribution is 4.89. The molecular weight excluding hydrogens is 176 g/mol. The molecule has 0 aromatic carbocycles. The van der Waals surface area contributed by atoms with E-state index in [-0.39, 0.29) is 5.79 Å². The lowest BCUT2D eigenvalue weighted by atomic mass is 9.69. The van der Waals surface area contributed by atoms with Crippen molar-refractivity contribution in [3.63, 3.8) is 0 Å². The van der Waals surface area contributed by atoms with Crippen molar-refractivity contribution >= 4 is 0 Å². The van der Waals surface area contributed by atoms with Gasteiger partial charge < -0.3 is 9.47 Å². The van der Waals surface area contributed by atoms with Gasteiger partial charge in [-0.05, 0) is 24.2 Å². The van der Waals surface area contributed by atoms with E-state index < -0.39 is 0 Å². The summed E-state index contributed by atoms with van der Waals surface area (Å²) < 4.78 is 11.8. The summed E-state index contributed by atoms with van der Waals surface area (Å²) in [5.74, 6) is 0.483. The second kappa shape index (κ2) is 3.49. The average Bonchev–Trinajstić information content (AvgIpc) is 2.00. The van der Waals surface area contributed by atoms with Gasteiger partial charge in [-0.25, -0.2) is 0 Å². The largest absolute Gasteiger partial charge is 0.350 e. The van der Waals surface area contributed by atoms with Crippen LogP contribution in [0, 0.1) is 11.3 Å². The molecular formula is C12H22O2. The van der Waals surface area contributed by atoms with E-state index in [1.807, 2.05) is 0 Å². The van der Waals surface area contributed by atoms with Gasteiger partial charge in [0.2, 0.25) is 0 Å². The maximum absolute atomic E-state index is 5.89. The van der Waals surface area contributed by atoms with Crippen LogP contribution in [-0.4, -0.2) is 19.0 Å². The molecule has 14 heavy (non-hydrogen) atoms. The molecule has 1 unspecified atom stereocenters. The Hall–Kier alpha value is -0.0800. The molecule has 1 atom stereocenters. The van der Waals surface area contributed by atoms with Crippen molar-refractivity contribution in [1.82, 2.24) is 0 Å². The highest BCUT2D eigenvalue weighted by atomic mass is 16.7. The molecule has 1 saturated carbocycles. The van der Waals surface area contributed by atoms with Crippen LogP contribution in [0.4, 0.5) is 0 Å². The molecule has 1 aliphatic carbocycles. The summed E-state index contributed by atoms with van der Waals surface area (Å²) in [6, 6.07) is 0. The van der Waals surface area contributed by atoms with Gasteiger partial charge in [0.25, 0.3) is 0 Å². The van der Waals surface area contributed by atoms with Gasteiger partial charge in [0.15, 0.2) is 5.79 Å². The smallest absolute Gasteiger partial charge is 0.169 e. The quantitative estimate of drug-likeness (QED) is 0.596. The zero-order valence-corrected chi connectivity index (χ0v) is 9.64. The predicted molar refractivity (Wildman–Crippen MR) is 56.0 cm³/mol. The lowest BCUT2D eigenvalue weighted by molar-refractivity contribution is -0.298. The van der Waals surface area contributed by atoms with E-state index in [0.29, 0.717) is 5.41 Å². The first-order valence-electron chi connectivity index (χ1n) is 5.79. The van der Waals surface area contributed by atoms with E-state index in [4.69, 9.17) is 9.47 Å². The van der Waals surface area contributed by atoms with Gasteiger partial charge in [0.05, 0.1) is 13.2 Å². The third kappa shape index (κ3) is 2.12. The molecule has 0 amide bonds. The number of ether oxygens (including phenoxy) is 2. The zero-order chi connectivity index (χ0) is 10.2. The van der Waals surface area contributed by atoms with Crippen molar-refractivity contribution in [1.29, 1.82) is 0 Å². The molecule has 2 rings (SSSR count). The molecule has 2 nitrogen and oxygen atoms in total. The van der Waals surface area contributed by atoms with Crippen molar-refractivity contribution in [2.24, 2.45) is 11.3 Å². The Morgan fingerprint density at radius 2 is 1.71 bits per heavy atom. The Morgan fingerprint density at radius 1 is 1.07 bits per heavy atom. The Bertz CT molecular complexity index is 204. The molecule has 1 aliphatic heterocycles. The van der Waals surface area contributed by atoms with Crippen LogP contribution in [0.2, 0.25) is 0 Å². The van der Waals surface area contributed by atoms with E-state index in [1.165, 1.54) is 6.42 Å². The fraction of sp³-hybridized carbons (Fsp3) is 1.00. The third-order valence-corrected chi connectivity index (χ3v) is 3.33. The topological polar surface area (TPSA) is 18.5 Å². The second-order valence-electron chi connectivity index (χ2n) is 5.82. The maximum Gasteiger partial charge on any atom is 0.169 e. The van der Waals surface area contributed by atoms with E-state index >= 15 is 0 Å². The molecule has 2 fully saturated rings. The summed E-state index contributed by atoms with van der Waals surface area (Å²) in [7, 11) is 0. The molecule has 0 aromatic heterocycles. The first-order chi connectivity index (χ1) is 6.52. The van der Waals surface area contributed by atoms with Crippen LogP contribution in [0.15, 0.2) is 0 Å². The van der Waals surface area contributed by atoms with Gasteiger partial charge >= 0.3 is 0 Å². The third-order valence-electron chi connectivity index (χ3n) is 3.33. The Kier molecular flexibility index (Phi) is 2.61. The van der Waals surface area contributed by atoms with Crippen LogP contribution < -0.4 is 0 Å². The summed E-state index contributed by atoms with van der Waals surface area (Å²) in [4.78, 5) is 0. The van der Waals surface area contributed by atoms with Crippen LogP contribution in [0.1, 0.15) is 46.5 Å². The second-order valence-corrected chi connectivity index (χ2v) is 5.82. The highest BCUT2D eigenvalue weighted by Crippen LogP contribution is 2.47. The molecule has 0 radical (unpaired) electrons. The van der Waals surface area contributed by atoms with Gasteiger partial charge in [0, 0.05) is 12.8 Å². The van der Waals surface area contributed by atoms with Gasteiger partial charge in [-0.15, -0.1) is 0 Å². The van der Waals surface area contributed by atoms with E-state index in [0.717, 1.165) is 38.4 Å². The van der Waals surface area contributed by atoms with Crippen LogP contribution in [0.5, 0.6) is 0 Å². The fourth-order valence-corrected chi connectivity index (χ4v) is 3.26. The summed E-state index contributed by atoms with van der Waals surface area (Å²) in [5.41, 5.74) is 0.370. The Morgan fingerprint density at radius 3 is 2.29 bits per heavy atom. The molecule has 1 spiro atoms. The number of rotatable bonds is 0. The van der Waals surface area contributed by atoms with Gasteiger partial charge in [-0.2, -0.15) is 0 Å². The van der Waals surface area contributed by atoms with E-state index in [9.17, 15) is 0 Å². The summed E-state index contributed by atoms with van der Waals surface area (Å²) in [6.07, 6.45) is 4.48. The summed E-state index contributed by atoms with van der Waals surface area (Å²) in [6.45, 7) is 8.72. The normalized spacial score (nSPS) is 35.8. The van der Waals surface area contributed by atoms with Crippen LogP contribution in [0.25, 0.3) is 0 Å². The van der Waals surface area contributed by atoms with Crippen LogP contribution >= 0.6 is 0 Å².